The third-order valence-electron chi connectivity index (χ3n) is 6.33. The fourth-order valence-corrected chi connectivity index (χ4v) is 4.90. The Morgan fingerprint density at radius 2 is 1.84 bits per heavy atom. The Morgan fingerprint density at radius 1 is 1.10 bits per heavy atom. The highest BCUT2D eigenvalue weighted by atomic mass is 19.4. The van der Waals surface area contributed by atoms with Gasteiger partial charge in [-0.3, -0.25) is 4.79 Å². The fourth-order valence-electron chi connectivity index (χ4n) is 4.90. The van der Waals surface area contributed by atoms with Gasteiger partial charge in [-0.25, -0.2) is 4.98 Å². The standard InChI is InChI=1S/C23H22F3N3O2/c24-23(25,26)31-16-6-4-15(5-7-16)22(30)29-12-9-14(10-13-29)17-8-11-27-21-20(17)18-2-1-3-19(18)28-21/h4-8,11,14H,1-3,9-10,12-13H2,(H,27,28). The van der Waals surface area contributed by atoms with Gasteiger partial charge in [0.05, 0.1) is 0 Å². The van der Waals surface area contributed by atoms with Crippen LogP contribution >= 0.6 is 0 Å². The molecule has 2 aromatic heterocycles. The molecule has 8 heteroatoms. The van der Waals surface area contributed by atoms with E-state index in [-0.39, 0.29) is 11.7 Å². The molecule has 0 spiro atoms. The number of fused-ring (bicyclic) bond motifs is 3. The average molecular weight is 429 g/mol. The molecule has 1 saturated heterocycles. The Morgan fingerprint density at radius 3 is 2.55 bits per heavy atom. The molecule has 0 atom stereocenters. The number of likely N-dealkylation sites (tertiary alicyclic amines) is 1. The van der Waals surface area contributed by atoms with Crippen LogP contribution < -0.4 is 4.74 Å². The fraction of sp³-hybridized carbons (Fsp3) is 0.391. The second-order valence-electron chi connectivity index (χ2n) is 8.20. The third-order valence-corrected chi connectivity index (χ3v) is 6.33. The maximum absolute atomic E-state index is 12.8. The number of alkyl halides is 3. The number of rotatable bonds is 3. The van der Waals surface area contributed by atoms with Crippen molar-refractivity contribution in [1.82, 2.24) is 14.9 Å². The van der Waals surface area contributed by atoms with Crippen molar-refractivity contribution in [2.24, 2.45) is 0 Å². The molecule has 162 valence electrons. The number of hydrogen-bond donors (Lipinski definition) is 1. The Hall–Kier alpha value is -3.03. The monoisotopic (exact) mass is 429 g/mol. The van der Waals surface area contributed by atoms with E-state index >= 15 is 0 Å². The number of hydrogen-bond acceptors (Lipinski definition) is 3. The van der Waals surface area contributed by atoms with Gasteiger partial charge in [0.15, 0.2) is 0 Å². The topological polar surface area (TPSA) is 58.2 Å². The molecule has 0 unspecified atom stereocenters. The molecule has 1 aliphatic heterocycles. The van der Waals surface area contributed by atoms with Crippen molar-refractivity contribution in [2.75, 3.05) is 13.1 Å². The van der Waals surface area contributed by atoms with Gasteiger partial charge in [-0.15, -0.1) is 13.2 Å². The molecule has 1 amide bonds. The summed E-state index contributed by atoms with van der Waals surface area (Å²) in [6.07, 6.45) is 2.13. The van der Waals surface area contributed by atoms with E-state index in [0.29, 0.717) is 24.6 Å². The number of amides is 1. The highest BCUT2D eigenvalue weighted by Gasteiger charge is 2.31. The van der Waals surface area contributed by atoms with E-state index in [4.69, 9.17) is 0 Å². The lowest BCUT2D eigenvalue weighted by Gasteiger charge is -2.32. The first-order chi connectivity index (χ1) is 14.9. The van der Waals surface area contributed by atoms with Gasteiger partial charge in [-0.2, -0.15) is 0 Å². The molecular formula is C23H22F3N3O2. The van der Waals surface area contributed by atoms with E-state index in [1.807, 2.05) is 6.20 Å². The molecule has 31 heavy (non-hydrogen) atoms. The van der Waals surface area contributed by atoms with Crippen molar-refractivity contribution in [3.05, 3.63) is 58.9 Å². The lowest BCUT2D eigenvalue weighted by atomic mass is 9.87. The van der Waals surface area contributed by atoms with Crippen molar-refractivity contribution in [2.45, 2.75) is 44.4 Å². The summed E-state index contributed by atoms with van der Waals surface area (Å²) in [6.45, 7) is 1.22. The number of benzene rings is 1. The van der Waals surface area contributed by atoms with Gasteiger partial charge in [0.1, 0.15) is 11.4 Å². The van der Waals surface area contributed by atoms with Crippen molar-refractivity contribution in [3.8, 4) is 5.75 Å². The van der Waals surface area contributed by atoms with Crippen LogP contribution in [0.4, 0.5) is 13.2 Å². The Balaban J connectivity index is 1.28. The first-order valence-corrected chi connectivity index (χ1v) is 10.5. The zero-order valence-electron chi connectivity index (χ0n) is 16.8. The van der Waals surface area contributed by atoms with Gasteiger partial charge in [-0.1, -0.05) is 0 Å². The summed E-state index contributed by atoms with van der Waals surface area (Å²) in [5.41, 5.74) is 5.34. The smallest absolute Gasteiger partial charge is 0.406 e. The zero-order valence-corrected chi connectivity index (χ0v) is 16.8. The molecule has 5 rings (SSSR count). The van der Waals surface area contributed by atoms with Crippen LogP contribution in [0.1, 0.15) is 52.4 Å². The number of ether oxygens (including phenoxy) is 1. The number of nitrogens with one attached hydrogen (secondary N) is 1. The van der Waals surface area contributed by atoms with Crippen LogP contribution in [0.5, 0.6) is 5.75 Å². The van der Waals surface area contributed by atoms with Crippen LogP contribution in [-0.2, 0) is 12.8 Å². The Kier molecular flexibility index (Phi) is 4.87. The Bertz CT molecular complexity index is 1110. The lowest BCUT2D eigenvalue weighted by molar-refractivity contribution is -0.274. The Labute approximate surface area is 177 Å². The maximum atomic E-state index is 12.8. The predicted octanol–water partition coefficient (Wildman–Crippen LogP) is 4.97. The summed E-state index contributed by atoms with van der Waals surface area (Å²) in [7, 11) is 0. The van der Waals surface area contributed by atoms with E-state index in [1.54, 1.807) is 4.90 Å². The van der Waals surface area contributed by atoms with E-state index in [1.165, 1.54) is 52.9 Å². The molecule has 0 bridgehead atoms. The average Bonchev–Trinajstić information content (AvgIpc) is 3.34. The minimum Gasteiger partial charge on any atom is -0.406 e. The molecule has 0 saturated carbocycles. The van der Waals surface area contributed by atoms with Crippen LogP contribution in [0.3, 0.4) is 0 Å². The quantitative estimate of drug-likeness (QED) is 0.640. The van der Waals surface area contributed by atoms with Crippen LogP contribution in [0, 0.1) is 0 Å². The molecule has 1 aliphatic carbocycles. The van der Waals surface area contributed by atoms with Gasteiger partial charge in [0.2, 0.25) is 0 Å². The summed E-state index contributed by atoms with van der Waals surface area (Å²) in [4.78, 5) is 22.6. The number of nitrogens with zero attached hydrogens (tertiary/aromatic N) is 2. The summed E-state index contributed by atoms with van der Waals surface area (Å²) in [5.74, 6) is -0.138. The van der Waals surface area contributed by atoms with Crippen molar-refractivity contribution >= 4 is 16.9 Å². The van der Waals surface area contributed by atoms with Gasteiger partial charge < -0.3 is 14.6 Å². The SMILES string of the molecule is O=C(c1ccc(OC(F)(F)F)cc1)N1CCC(c2ccnc3[nH]c4c(c23)CCC4)CC1. The number of carbonyl (C=O) groups is 1. The number of halogens is 3. The number of aryl methyl sites for hydroxylation is 2. The van der Waals surface area contributed by atoms with E-state index < -0.39 is 6.36 Å². The van der Waals surface area contributed by atoms with Crippen LogP contribution in [0.25, 0.3) is 11.0 Å². The molecule has 2 aliphatic rings. The predicted molar refractivity (Wildman–Crippen MR) is 109 cm³/mol. The first-order valence-electron chi connectivity index (χ1n) is 10.5. The number of aromatic amines is 1. The van der Waals surface area contributed by atoms with Gasteiger partial charge >= 0.3 is 6.36 Å². The zero-order chi connectivity index (χ0) is 21.6. The van der Waals surface area contributed by atoms with Crippen molar-refractivity contribution < 1.29 is 22.7 Å². The van der Waals surface area contributed by atoms with Gasteiger partial charge in [0, 0.05) is 35.9 Å². The summed E-state index contributed by atoms with van der Waals surface area (Å²) < 4.78 is 40.8. The molecule has 1 fully saturated rings. The molecule has 3 heterocycles. The summed E-state index contributed by atoms with van der Waals surface area (Å²) >= 11 is 0. The maximum Gasteiger partial charge on any atom is 0.573 e. The number of carbonyl (C=O) groups excluding carboxylic acids is 1. The number of piperidine rings is 1. The number of aromatic nitrogens is 2. The van der Waals surface area contributed by atoms with E-state index in [2.05, 4.69) is 20.8 Å². The molecular weight excluding hydrogens is 407 g/mol. The van der Waals surface area contributed by atoms with Gasteiger partial charge in [-0.05, 0) is 79.5 Å². The van der Waals surface area contributed by atoms with Crippen molar-refractivity contribution in [3.63, 3.8) is 0 Å². The molecule has 1 N–H and O–H groups in total. The summed E-state index contributed by atoms with van der Waals surface area (Å²) in [6, 6.07) is 7.22. The largest absolute Gasteiger partial charge is 0.573 e. The molecule has 3 aromatic rings. The van der Waals surface area contributed by atoms with E-state index in [0.717, 1.165) is 31.3 Å². The van der Waals surface area contributed by atoms with Crippen LogP contribution in [0.2, 0.25) is 0 Å². The highest BCUT2D eigenvalue weighted by Crippen LogP contribution is 2.38. The number of H-pyrrole nitrogens is 1. The van der Waals surface area contributed by atoms with Crippen LogP contribution in [-0.4, -0.2) is 40.2 Å². The third kappa shape index (κ3) is 3.86. The second kappa shape index (κ2) is 7.59. The molecule has 1 aromatic carbocycles. The second-order valence-corrected chi connectivity index (χ2v) is 8.20. The van der Waals surface area contributed by atoms with E-state index in [9.17, 15) is 18.0 Å². The minimum absolute atomic E-state index is 0.167. The van der Waals surface area contributed by atoms with Crippen LogP contribution in [0.15, 0.2) is 36.5 Å². The number of pyridine rings is 1. The minimum atomic E-state index is -4.74. The van der Waals surface area contributed by atoms with Crippen molar-refractivity contribution in [1.29, 1.82) is 0 Å². The molecule has 0 radical (unpaired) electrons. The normalized spacial score (nSPS) is 17.2. The first kappa shape index (κ1) is 19.9. The molecule has 5 nitrogen and oxygen atoms in total. The van der Waals surface area contributed by atoms with Gasteiger partial charge in [0.25, 0.3) is 5.91 Å². The highest BCUT2D eigenvalue weighted by molar-refractivity contribution is 5.94. The summed E-state index contributed by atoms with van der Waals surface area (Å²) in [5, 5.41) is 1.26. The lowest BCUT2D eigenvalue weighted by Crippen LogP contribution is -2.38.